The summed E-state index contributed by atoms with van der Waals surface area (Å²) in [6, 6.07) is 13.9. The molecule has 1 fully saturated rings. The van der Waals surface area contributed by atoms with E-state index < -0.39 is 17.4 Å². The van der Waals surface area contributed by atoms with Gasteiger partial charge in [0.1, 0.15) is 0 Å². The third-order valence-electron chi connectivity index (χ3n) is 5.29. The first-order chi connectivity index (χ1) is 14.4. The number of aryl methyl sites for hydroxylation is 1. The van der Waals surface area contributed by atoms with Gasteiger partial charge < -0.3 is 4.98 Å². The van der Waals surface area contributed by atoms with E-state index in [0.29, 0.717) is 27.9 Å². The van der Waals surface area contributed by atoms with Crippen LogP contribution in [0, 0.1) is 6.92 Å². The van der Waals surface area contributed by atoms with Crippen molar-refractivity contribution in [1.29, 1.82) is 0 Å². The number of aromatic amines is 2. The van der Waals surface area contributed by atoms with Crippen molar-refractivity contribution in [2.45, 2.75) is 19.3 Å². The molecule has 30 heavy (non-hydrogen) atoms. The van der Waals surface area contributed by atoms with Crippen LogP contribution in [0.2, 0.25) is 5.02 Å². The fourth-order valence-electron chi connectivity index (χ4n) is 3.88. The third kappa shape index (κ3) is 2.76. The Morgan fingerprint density at radius 3 is 2.53 bits per heavy atom. The lowest BCUT2D eigenvalue weighted by atomic mass is 9.98. The van der Waals surface area contributed by atoms with Crippen LogP contribution in [0.15, 0.2) is 53.3 Å². The van der Waals surface area contributed by atoms with Gasteiger partial charge in [0.15, 0.2) is 0 Å². The number of nitrogens with one attached hydrogen (secondary N) is 2. The van der Waals surface area contributed by atoms with Crippen molar-refractivity contribution in [2.75, 3.05) is 4.90 Å². The van der Waals surface area contributed by atoms with Gasteiger partial charge in [0, 0.05) is 17.1 Å². The predicted molar refractivity (Wildman–Crippen MR) is 112 cm³/mol. The number of imidazole rings is 1. The summed E-state index contributed by atoms with van der Waals surface area (Å²) in [5.41, 5.74) is 2.32. The molecule has 0 unspecified atom stereocenters. The van der Waals surface area contributed by atoms with Crippen LogP contribution in [-0.2, 0) is 9.59 Å². The summed E-state index contributed by atoms with van der Waals surface area (Å²) in [7, 11) is 0. The zero-order valence-electron chi connectivity index (χ0n) is 15.8. The number of halogens is 1. The van der Waals surface area contributed by atoms with Gasteiger partial charge in [-0.25, -0.2) is 4.98 Å². The fraction of sp³-hybridized carbons (Fsp3) is 0.143. The molecule has 9 heteroatoms. The number of anilines is 1. The minimum absolute atomic E-state index is 0.0739. The van der Waals surface area contributed by atoms with E-state index in [1.165, 1.54) is 4.68 Å². The van der Waals surface area contributed by atoms with E-state index in [1.807, 2.05) is 24.3 Å². The molecule has 1 atom stereocenters. The molecule has 0 spiro atoms. The summed E-state index contributed by atoms with van der Waals surface area (Å²) in [5.74, 6) is -1.33. The Morgan fingerprint density at radius 1 is 1.07 bits per heavy atom. The zero-order valence-corrected chi connectivity index (χ0v) is 16.6. The number of amides is 2. The second-order valence-corrected chi connectivity index (χ2v) is 7.61. The van der Waals surface area contributed by atoms with Crippen molar-refractivity contribution in [3.05, 3.63) is 75.2 Å². The number of benzene rings is 2. The van der Waals surface area contributed by atoms with Crippen molar-refractivity contribution >= 4 is 40.1 Å². The topological polar surface area (TPSA) is 104 Å². The molecule has 2 aromatic heterocycles. The summed E-state index contributed by atoms with van der Waals surface area (Å²) < 4.78 is 1.27. The van der Waals surface area contributed by atoms with Gasteiger partial charge in [-0.3, -0.25) is 24.4 Å². The lowest BCUT2D eigenvalue weighted by molar-refractivity contribution is -0.121. The number of H-pyrrole nitrogens is 2. The molecule has 0 aliphatic carbocycles. The second-order valence-electron chi connectivity index (χ2n) is 7.17. The van der Waals surface area contributed by atoms with Gasteiger partial charge in [-0.15, -0.1) is 0 Å². The largest absolute Gasteiger partial charge is 0.322 e. The van der Waals surface area contributed by atoms with Crippen molar-refractivity contribution in [3.63, 3.8) is 0 Å². The molecular weight excluding hydrogens is 406 g/mol. The minimum Gasteiger partial charge on any atom is -0.322 e. The van der Waals surface area contributed by atoms with Gasteiger partial charge in [0.2, 0.25) is 17.8 Å². The Morgan fingerprint density at radius 2 is 1.80 bits per heavy atom. The van der Waals surface area contributed by atoms with Crippen LogP contribution in [0.5, 0.6) is 0 Å². The first-order valence-electron chi connectivity index (χ1n) is 9.33. The zero-order chi connectivity index (χ0) is 21.0. The quantitative estimate of drug-likeness (QED) is 0.496. The van der Waals surface area contributed by atoms with Crippen molar-refractivity contribution in [3.8, 4) is 5.95 Å². The third-order valence-corrected chi connectivity index (χ3v) is 5.54. The number of imide groups is 1. The summed E-state index contributed by atoms with van der Waals surface area (Å²) >= 11 is 5.90. The van der Waals surface area contributed by atoms with E-state index in [9.17, 15) is 14.4 Å². The molecule has 1 aliphatic heterocycles. The number of para-hydroxylation sites is 2. The Labute approximate surface area is 175 Å². The molecule has 3 heterocycles. The lowest BCUT2D eigenvalue weighted by Gasteiger charge is -2.14. The SMILES string of the molecule is Cc1[nH]n(-c2nc3ccccc3[nH]2)c(=O)c1[C@@H]1CC(=O)N(c2ccc(Cl)cc2)C1=O. The van der Waals surface area contributed by atoms with Gasteiger partial charge >= 0.3 is 0 Å². The van der Waals surface area contributed by atoms with Crippen molar-refractivity contribution in [1.82, 2.24) is 19.7 Å². The summed E-state index contributed by atoms with van der Waals surface area (Å²) in [6.45, 7) is 1.71. The summed E-state index contributed by atoms with van der Waals surface area (Å²) in [5, 5.41) is 3.48. The average molecular weight is 422 g/mol. The van der Waals surface area contributed by atoms with Crippen LogP contribution in [0.4, 0.5) is 5.69 Å². The predicted octanol–water partition coefficient (Wildman–Crippen LogP) is 3.05. The number of nitrogens with zero attached hydrogens (tertiary/aromatic N) is 3. The number of hydrogen-bond acceptors (Lipinski definition) is 4. The first-order valence-corrected chi connectivity index (χ1v) is 9.71. The number of rotatable bonds is 3. The maximum absolute atomic E-state index is 13.2. The van der Waals surface area contributed by atoms with Gasteiger partial charge in [0.05, 0.1) is 28.2 Å². The molecule has 5 rings (SSSR count). The van der Waals surface area contributed by atoms with Crippen molar-refractivity contribution < 1.29 is 9.59 Å². The standard InChI is InChI=1S/C21H16ClN5O3/c1-11-18(14-10-17(28)26(19(14)29)13-8-6-12(22)7-9-13)20(30)27(25-11)21-23-15-4-2-3-5-16(15)24-21/h2-9,14,25H,10H2,1H3,(H,23,24)/t14-/m0/s1. The Balaban J connectivity index is 1.55. The molecular formula is C21H16ClN5O3. The lowest BCUT2D eigenvalue weighted by Crippen LogP contribution is -2.31. The maximum Gasteiger partial charge on any atom is 0.278 e. The minimum atomic E-state index is -0.859. The van der Waals surface area contributed by atoms with E-state index in [-0.39, 0.29) is 17.9 Å². The average Bonchev–Trinajstić information content (AvgIpc) is 3.36. The Bertz CT molecular complexity index is 1330. The van der Waals surface area contributed by atoms with Gasteiger partial charge in [0.25, 0.3) is 5.56 Å². The summed E-state index contributed by atoms with van der Waals surface area (Å²) in [6.07, 6.45) is -0.0739. The highest BCUT2D eigenvalue weighted by atomic mass is 35.5. The molecule has 150 valence electrons. The van der Waals surface area contributed by atoms with Crippen LogP contribution in [0.1, 0.15) is 23.6 Å². The van der Waals surface area contributed by atoms with Crippen LogP contribution in [0.25, 0.3) is 17.0 Å². The highest BCUT2D eigenvalue weighted by Gasteiger charge is 2.43. The Hall–Kier alpha value is -3.65. The van der Waals surface area contributed by atoms with E-state index in [1.54, 1.807) is 31.2 Å². The van der Waals surface area contributed by atoms with Crippen LogP contribution >= 0.6 is 11.6 Å². The van der Waals surface area contributed by atoms with Crippen LogP contribution in [-0.4, -0.2) is 31.6 Å². The number of aromatic nitrogens is 4. The molecule has 0 saturated carbocycles. The maximum atomic E-state index is 13.2. The first kappa shape index (κ1) is 18.4. The smallest absolute Gasteiger partial charge is 0.278 e. The number of fused-ring (bicyclic) bond motifs is 1. The van der Waals surface area contributed by atoms with E-state index >= 15 is 0 Å². The fourth-order valence-corrected chi connectivity index (χ4v) is 4.01. The van der Waals surface area contributed by atoms with Crippen LogP contribution < -0.4 is 10.5 Å². The van der Waals surface area contributed by atoms with Crippen LogP contribution in [0.3, 0.4) is 0 Å². The Kier molecular flexibility index (Phi) is 4.11. The molecule has 0 radical (unpaired) electrons. The molecule has 1 saturated heterocycles. The van der Waals surface area contributed by atoms with E-state index in [0.717, 1.165) is 10.4 Å². The highest BCUT2D eigenvalue weighted by molar-refractivity contribution is 6.30. The second kappa shape index (κ2) is 6.70. The molecule has 1 aliphatic rings. The molecule has 8 nitrogen and oxygen atoms in total. The normalized spacial score (nSPS) is 16.7. The molecule has 0 bridgehead atoms. The number of carbonyl (C=O) groups is 2. The monoisotopic (exact) mass is 421 g/mol. The number of carbonyl (C=O) groups excluding carboxylic acids is 2. The number of hydrogen-bond donors (Lipinski definition) is 2. The van der Waals surface area contributed by atoms with E-state index in [4.69, 9.17) is 11.6 Å². The van der Waals surface area contributed by atoms with Gasteiger partial charge in [-0.05, 0) is 43.3 Å². The van der Waals surface area contributed by atoms with Crippen molar-refractivity contribution in [2.24, 2.45) is 0 Å². The van der Waals surface area contributed by atoms with Gasteiger partial charge in [-0.2, -0.15) is 4.68 Å². The molecule has 2 aromatic carbocycles. The molecule has 2 N–H and O–H groups in total. The molecule has 2 amide bonds. The highest BCUT2D eigenvalue weighted by Crippen LogP contribution is 2.33. The van der Waals surface area contributed by atoms with Gasteiger partial charge in [-0.1, -0.05) is 23.7 Å². The van der Waals surface area contributed by atoms with E-state index in [2.05, 4.69) is 15.1 Å². The summed E-state index contributed by atoms with van der Waals surface area (Å²) in [4.78, 5) is 47.5. The molecule has 4 aromatic rings.